The molecule has 0 amide bonds. The first-order valence-corrected chi connectivity index (χ1v) is 4.85. The Balaban J connectivity index is 3.18. The fourth-order valence-corrected chi connectivity index (χ4v) is 1.14. The normalized spacial score (nSPS) is 11.5. The van der Waals surface area contributed by atoms with E-state index in [0.717, 1.165) is 0 Å². The van der Waals surface area contributed by atoms with Crippen LogP contribution in [0.25, 0.3) is 0 Å². The number of anilines is 1. The summed E-state index contributed by atoms with van der Waals surface area (Å²) in [7, 11) is 3.54. The van der Waals surface area contributed by atoms with Gasteiger partial charge in [0.2, 0.25) is 0 Å². The van der Waals surface area contributed by atoms with Crippen LogP contribution in [0.3, 0.4) is 0 Å². The molecular formula is C10H18N4O. The molecule has 0 fully saturated rings. The molecule has 5 nitrogen and oxygen atoms in total. The summed E-state index contributed by atoms with van der Waals surface area (Å²) in [4.78, 5) is 17.7. The van der Waals surface area contributed by atoms with E-state index in [9.17, 15) is 4.79 Å². The highest BCUT2D eigenvalue weighted by molar-refractivity contribution is 5.38. The Morgan fingerprint density at radius 3 is 2.73 bits per heavy atom. The van der Waals surface area contributed by atoms with Gasteiger partial charge in [0.25, 0.3) is 5.56 Å². The van der Waals surface area contributed by atoms with Crippen molar-refractivity contribution in [2.45, 2.75) is 19.4 Å². The second-order valence-electron chi connectivity index (χ2n) is 4.24. The number of aryl methyl sites for hydroxylation is 1. The first kappa shape index (κ1) is 11.7. The summed E-state index contributed by atoms with van der Waals surface area (Å²) in [6.07, 6.45) is 3.24. The minimum atomic E-state index is -0.277. The zero-order chi connectivity index (χ0) is 11.6. The predicted octanol–water partition coefficient (Wildman–Crippen LogP) is -0.0462. The zero-order valence-corrected chi connectivity index (χ0v) is 9.69. The molecule has 0 aliphatic rings. The summed E-state index contributed by atoms with van der Waals surface area (Å²) >= 11 is 0. The molecule has 84 valence electrons. The summed E-state index contributed by atoms with van der Waals surface area (Å²) < 4.78 is 1.51. The Hall–Kier alpha value is -1.36. The van der Waals surface area contributed by atoms with Gasteiger partial charge in [-0.2, -0.15) is 0 Å². The molecule has 0 aromatic carbocycles. The van der Waals surface area contributed by atoms with Crippen molar-refractivity contribution >= 4 is 5.82 Å². The Bertz CT molecular complexity index is 397. The highest BCUT2D eigenvalue weighted by Crippen LogP contribution is 2.14. The third-order valence-corrected chi connectivity index (χ3v) is 2.72. The van der Waals surface area contributed by atoms with Gasteiger partial charge in [-0.3, -0.25) is 4.79 Å². The SMILES string of the molecule is CN(c1nccn(C)c1=O)C(C)(C)CN. The van der Waals surface area contributed by atoms with Crippen LogP contribution in [0.5, 0.6) is 0 Å². The van der Waals surface area contributed by atoms with Crippen LogP contribution in [0, 0.1) is 0 Å². The topological polar surface area (TPSA) is 64.2 Å². The molecule has 0 saturated heterocycles. The van der Waals surface area contributed by atoms with Gasteiger partial charge in [-0.1, -0.05) is 0 Å². The summed E-state index contributed by atoms with van der Waals surface area (Å²) in [6.45, 7) is 4.41. The number of hydrogen-bond acceptors (Lipinski definition) is 4. The molecule has 0 radical (unpaired) electrons. The maximum Gasteiger partial charge on any atom is 0.293 e. The van der Waals surface area contributed by atoms with E-state index in [2.05, 4.69) is 4.98 Å². The number of aromatic nitrogens is 2. The number of rotatable bonds is 3. The molecule has 0 unspecified atom stereocenters. The van der Waals surface area contributed by atoms with E-state index in [0.29, 0.717) is 12.4 Å². The van der Waals surface area contributed by atoms with E-state index in [1.54, 1.807) is 19.4 Å². The van der Waals surface area contributed by atoms with Gasteiger partial charge in [0, 0.05) is 38.6 Å². The molecule has 1 aromatic heterocycles. The Morgan fingerprint density at radius 1 is 1.60 bits per heavy atom. The van der Waals surface area contributed by atoms with Gasteiger partial charge in [-0.25, -0.2) is 4.98 Å². The van der Waals surface area contributed by atoms with Crippen molar-refractivity contribution in [1.29, 1.82) is 0 Å². The number of nitrogens with two attached hydrogens (primary N) is 1. The smallest absolute Gasteiger partial charge is 0.293 e. The van der Waals surface area contributed by atoms with Crippen LogP contribution in [0.2, 0.25) is 0 Å². The lowest BCUT2D eigenvalue weighted by Gasteiger charge is -2.34. The average molecular weight is 210 g/mol. The molecule has 0 spiro atoms. The van der Waals surface area contributed by atoms with Crippen molar-refractivity contribution in [1.82, 2.24) is 9.55 Å². The monoisotopic (exact) mass is 210 g/mol. The minimum Gasteiger partial charge on any atom is -0.349 e. The Kier molecular flexibility index (Phi) is 3.14. The largest absolute Gasteiger partial charge is 0.349 e. The van der Waals surface area contributed by atoms with E-state index in [4.69, 9.17) is 5.73 Å². The second kappa shape index (κ2) is 4.02. The molecule has 0 aliphatic heterocycles. The minimum absolute atomic E-state index is 0.110. The molecule has 0 saturated carbocycles. The maximum atomic E-state index is 11.8. The van der Waals surface area contributed by atoms with Gasteiger partial charge < -0.3 is 15.2 Å². The molecule has 1 rings (SSSR count). The van der Waals surface area contributed by atoms with Crippen LogP contribution in [-0.4, -0.2) is 28.7 Å². The highest BCUT2D eigenvalue weighted by atomic mass is 16.1. The molecule has 0 aliphatic carbocycles. The summed E-state index contributed by atoms with van der Waals surface area (Å²) in [6, 6.07) is 0. The predicted molar refractivity (Wildman–Crippen MR) is 61.0 cm³/mol. The molecule has 5 heteroatoms. The van der Waals surface area contributed by atoms with Crippen molar-refractivity contribution in [2.75, 3.05) is 18.5 Å². The highest BCUT2D eigenvalue weighted by Gasteiger charge is 2.24. The maximum absolute atomic E-state index is 11.8. The average Bonchev–Trinajstić information content (AvgIpc) is 2.21. The van der Waals surface area contributed by atoms with Gasteiger partial charge in [0.05, 0.1) is 0 Å². The summed E-state index contributed by atoms with van der Waals surface area (Å²) in [5, 5.41) is 0. The number of hydrogen-bond donors (Lipinski definition) is 1. The lowest BCUT2D eigenvalue weighted by Crippen LogP contribution is -2.49. The molecular weight excluding hydrogens is 192 g/mol. The molecule has 0 bridgehead atoms. The van der Waals surface area contributed by atoms with Crippen LogP contribution in [0.1, 0.15) is 13.8 Å². The van der Waals surface area contributed by atoms with Crippen molar-refractivity contribution in [3.8, 4) is 0 Å². The third-order valence-electron chi connectivity index (χ3n) is 2.72. The number of nitrogens with zero attached hydrogens (tertiary/aromatic N) is 3. The van der Waals surface area contributed by atoms with Crippen LogP contribution in [0.4, 0.5) is 5.82 Å². The lowest BCUT2D eigenvalue weighted by atomic mass is 10.0. The van der Waals surface area contributed by atoms with Crippen LogP contribution >= 0.6 is 0 Å². The van der Waals surface area contributed by atoms with Crippen molar-refractivity contribution in [3.05, 3.63) is 22.7 Å². The van der Waals surface area contributed by atoms with E-state index < -0.39 is 0 Å². The van der Waals surface area contributed by atoms with Crippen LogP contribution < -0.4 is 16.2 Å². The lowest BCUT2D eigenvalue weighted by molar-refractivity contribution is 0.491. The Morgan fingerprint density at radius 2 is 2.20 bits per heavy atom. The molecule has 0 atom stereocenters. The quantitative estimate of drug-likeness (QED) is 0.760. The standard InChI is InChI=1S/C10H18N4O/c1-10(2,7-11)14(4)8-9(15)13(3)6-5-12-8/h5-6H,7,11H2,1-4H3. The van der Waals surface area contributed by atoms with E-state index in [-0.39, 0.29) is 11.1 Å². The third kappa shape index (κ3) is 2.18. The van der Waals surface area contributed by atoms with Gasteiger partial charge >= 0.3 is 0 Å². The second-order valence-corrected chi connectivity index (χ2v) is 4.24. The van der Waals surface area contributed by atoms with Crippen molar-refractivity contribution in [3.63, 3.8) is 0 Å². The fourth-order valence-electron chi connectivity index (χ4n) is 1.14. The summed E-state index contributed by atoms with van der Waals surface area (Å²) in [5.74, 6) is 0.426. The molecule has 15 heavy (non-hydrogen) atoms. The molecule has 1 aromatic rings. The summed E-state index contributed by atoms with van der Waals surface area (Å²) in [5.41, 5.74) is 5.27. The van der Waals surface area contributed by atoms with E-state index in [1.807, 2.05) is 25.8 Å². The van der Waals surface area contributed by atoms with Crippen molar-refractivity contribution in [2.24, 2.45) is 12.8 Å². The van der Waals surface area contributed by atoms with E-state index in [1.165, 1.54) is 4.57 Å². The van der Waals surface area contributed by atoms with Gasteiger partial charge in [-0.05, 0) is 13.8 Å². The van der Waals surface area contributed by atoms with E-state index >= 15 is 0 Å². The fraction of sp³-hybridized carbons (Fsp3) is 0.600. The molecule has 2 N–H and O–H groups in total. The Labute approximate surface area is 89.5 Å². The van der Waals surface area contributed by atoms with Gasteiger partial charge in [-0.15, -0.1) is 0 Å². The van der Waals surface area contributed by atoms with Crippen LogP contribution in [-0.2, 0) is 7.05 Å². The zero-order valence-electron chi connectivity index (χ0n) is 9.69. The first-order valence-electron chi connectivity index (χ1n) is 4.85. The van der Waals surface area contributed by atoms with Crippen molar-refractivity contribution < 1.29 is 0 Å². The molecule has 1 heterocycles. The van der Waals surface area contributed by atoms with Gasteiger partial charge in [0.15, 0.2) is 5.82 Å². The number of likely N-dealkylation sites (N-methyl/N-ethyl adjacent to an activating group) is 1. The first-order chi connectivity index (χ1) is 6.90. The van der Waals surface area contributed by atoms with Crippen LogP contribution in [0.15, 0.2) is 17.2 Å². The van der Waals surface area contributed by atoms with Gasteiger partial charge in [0.1, 0.15) is 0 Å².